The molecule has 0 aromatic carbocycles. The van der Waals surface area contributed by atoms with Crippen LogP contribution >= 0.6 is 12.2 Å². The van der Waals surface area contributed by atoms with E-state index in [2.05, 4.69) is 15.5 Å². The van der Waals surface area contributed by atoms with Gasteiger partial charge in [-0.15, -0.1) is 0 Å². The fourth-order valence-electron chi connectivity index (χ4n) is 0.786. The Labute approximate surface area is 94.0 Å². The molecule has 0 spiro atoms. The second-order valence-corrected chi connectivity index (χ2v) is 3.43. The van der Waals surface area contributed by atoms with E-state index in [4.69, 9.17) is 18.0 Å². The number of rotatable bonds is 2. The van der Waals surface area contributed by atoms with Gasteiger partial charge in [0, 0.05) is 20.3 Å². The maximum atomic E-state index is 5.67. The summed E-state index contributed by atoms with van der Waals surface area (Å²) in [6, 6.07) is 3.53. The molecule has 1 rings (SSSR count). The van der Waals surface area contributed by atoms with Crippen molar-refractivity contribution in [1.29, 1.82) is 0 Å². The molecule has 15 heavy (non-hydrogen) atoms. The molecule has 0 radical (unpaired) electrons. The molecule has 1 aromatic rings. The first-order chi connectivity index (χ1) is 7.11. The number of hydrogen-bond acceptors (Lipinski definition) is 4. The molecule has 0 aliphatic rings. The van der Waals surface area contributed by atoms with Gasteiger partial charge in [0.2, 0.25) is 0 Å². The number of nitrogens with zero attached hydrogens (tertiary/aromatic N) is 3. The van der Waals surface area contributed by atoms with Crippen molar-refractivity contribution in [2.24, 2.45) is 5.10 Å². The third-order valence-corrected chi connectivity index (χ3v) is 2.08. The van der Waals surface area contributed by atoms with E-state index in [1.165, 1.54) is 6.21 Å². The number of pyridine rings is 1. The fraction of sp³-hybridized carbons (Fsp3) is 0.222. The molecule has 0 amide bonds. The first kappa shape index (κ1) is 11.4. The van der Waals surface area contributed by atoms with Crippen molar-refractivity contribution in [3.8, 4) is 0 Å². The highest BCUT2D eigenvalue weighted by atomic mass is 32.1. The highest BCUT2D eigenvalue weighted by Gasteiger charge is 1.96. The molecule has 80 valence electrons. The van der Waals surface area contributed by atoms with E-state index in [-0.39, 0.29) is 0 Å². The lowest BCUT2D eigenvalue weighted by atomic mass is 10.3. The van der Waals surface area contributed by atoms with E-state index in [1.54, 1.807) is 23.2 Å². The smallest absolute Gasteiger partial charge is 0.189 e. The maximum Gasteiger partial charge on any atom is 0.189 e. The quantitative estimate of drug-likeness (QED) is 0.432. The molecule has 6 heteroatoms. The second-order valence-electron chi connectivity index (χ2n) is 3.05. The monoisotopic (exact) mass is 223 g/mol. The van der Waals surface area contributed by atoms with Gasteiger partial charge in [-0.3, -0.25) is 10.4 Å². The van der Waals surface area contributed by atoms with Crippen LogP contribution < -0.4 is 11.2 Å². The normalized spacial score (nSPS) is 10.3. The summed E-state index contributed by atoms with van der Waals surface area (Å²) in [5, 5.41) is 4.45. The maximum absolute atomic E-state index is 5.67. The van der Waals surface area contributed by atoms with E-state index in [0.717, 1.165) is 0 Å². The minimum Gasteiger partial charge on any atom is -0.397 e. The number of aromatic nitrogens is 1. The molecule has 0 saturated heterocycles. The zero-order valence-corrected chi connectivity index (χ0v) is 9.45. The summed E-state index contributed by atoms with van der Waals surface area (Å²) in [4.78, 5) is 5.79. The minimum atomic E-state index is 0.528. The first-order valence-corrected chi connectivity index (χ1v) is 4.73. The predicted molar refractivity (Wildman–Crippen MR) is 65.7 cm³/mol. The molecule has 5 nitrogen and oxygen atoms in total. The van der Waals surface area contributed by atoms with Gasteiger partial charge in [0.05, 0.1) is 11.9 Å². The SMILES string of the molecule is CN(C)C(=S)NN=Cc1ncccc1N. The van der Waals surface area contributed by atoms with Crippen LogP contribution in [0.4, 0.5) is 5.69 Å². The number of nitrogens with one attached hydrogen (secondary N) is 1. The van der Waals surface area contributed by atoms with E-state index in [9.17, 15) is 0 Å². The third-order valence-electron chi connectivity index (χ3n) is 1.62. The molecule has 0 saturated carbocycles. The van der Waals surface area contributed by atoms with Gasteiger partial charge >= 0.3 is 0 Å². The first-order valence-electron chi connectivity index (χ1n) is 4.32. The van der Waals surface area contributed by atoms with Gasteiger partial charge in [-0.25, -0.2) is 0 Å². The van der Waals surface area contributed by atoms with Crippen LogP contribution in [0, 0.1) is 0 Å². The topological polar surface area (TPSA) is 66.5 Å². The summed E-state index contributed by atoms with van der Waals surface area (Å²) in [6.45, 7) is 0. The van der Waals surface area contributed by atoms with Gasteiger partial charge in [0.25, 0.3) is 0 Å². The Balaban J connectivity index is 2.59. The van der Waals surface area contributed by atoms with Crippen molar-refractivity contribution in [3.63, 3.8) is 0 Å². The molecule has 0 unspecified atom stereocenters. The fourth-order valence-corrected chi connectivity index (χ4v) is 0.839. The molecule has 0 atom stereocenters. The lowest BCUT2D eigenvalue weighted by molar-refractivity contribution is 0.606. The summed E-state index contributed by atoms with van der Waals surface area (Å²) < 4.78 is 0. The summed E-state index contributed by atoms with van der Waals surface area (Å²) in [5.41, 5.74) is 9.56. The van der Waals surface area contributed by atoms with Gasteiger partial charge in [-0.2, -0.15) is 5.10 Å². The highest BCUT2D eigenvalue weighted by Crippen LogP contribution is 2.02. The standard InChI is InChI=1S/C9H13N5S/c1-14(2)9(15)13-12-6-8-7(10)4-3-5-11-8/h3-6H,10H2,1-2H3,(H,13,15). The van der Waals surface area contributed by atoms with Gasteiger partial charge in [-0.05, 0) is 24.4 Å². The number of nitrogens with two attached hydrogens (primary N) is 1. The Morgan fingerprint density at radius 2 is 2.40 bits per heavy atom. The molecule has 0 aliphatic heterocycles. The van der Waals surface area contributed by atoms with E-state index < -0.39 is 0 Å². The van der Waals surface area contributed by atoms with Crippen molar-refractivity contribution in [2.45, 2.75) is 0 Å². The van der Waals surface area contributed by atoms with Crippen molar-refractivity contribution in [3.05, 3.63) is 24.0 Å². The molecule has 1 heterocycles. The van der Waals surface area contributed by atoms with Crippen LogP contribution in [0.15, 0.2) is 23.4 Å². The Morgan fingerprint density at radius 1 is 1.67 bits per heavy atom. The zero-order valence-electron chi connectivity index (χ0n) is 8.64. The summed E-state index contributed by atoms with van der Waals surface area (Å²) in [7, 11) is 3.67. The van der Waals surface area contributed by atoms with Gasteiger partial charge in [-0.1, -0.05) is 0 Å². The number of nitrogen functional groups attached to an aromatic ring is 1. The van der Waals surface area contributed by atoms with Crippen LogP contribution in [-0.4, -0.2) is 35.3 Å². The average Bonchev–Trinajstić information content (AvgIpc) is 2.20. The minimum absolute atomic E-state index is 0.528. The molecule has 0 fully saturated rings. The van der Waals surface area contributed by atoms with Crippen LogP contribution in [0.3, 0.4) is 0 Å². The Hall–Kier alpha value is -1.69. The summed E-state index contributed by atoms with van der Waals surface area (Å²) in [5.74, 6) is 0. The highest BCUT2D eigenvalue weighted by molar-refractivity contribution is 7.80. The Bertz CT molecular complexity index is 375. The van der Waals surface area contributed by atoms with Crippen molar-refractivity contribution < 1.29 is 0 Å². The Kier molecular flexibility index (Phi) is 3.99. The zero-order chi connectivity index (χ0) is 11.3. The summed E-state index contributed by atoms with van der Waals surface area (Å²) in [6.07, 6.45) is 3.19. The van der Waals surface area contributed by atoms with E-state index >= 15 is 0 Å². The number of thiocarbonyl (C=S) groups is 1. The molecule has 0 bridgehead atoms. The number of hydrogen-bond donors (Lipinski definition) is 2. The average molecular weight is 223 g/mol. The summed E-state index contributed by atoms with van der Waals surface area (Å²) >= 11 is 4.98. The lowest BCUT2D eigenvalue weighted by Gasteiger charge is -2.11. The molecule has 1 aromatic heterocycles. The number of hydrazone groups is 1. The molecular formula is C9H13N5S. The largest absolute Gasteiger partial charge is 0.397 e. The lowest BCUT2D eigenvalue weighted by Crippen LogP contribution is -2.30. The van der Waals surface area contributed by atoms with E-state index in [0.29, 0.717) is 16.5 Å². The van der Waals surface area contributed by atoms with Crippen LogP contribution in [0.5, 0.6) is 0 Å². The van der Waals surface area contributed by atoms with Crippen LogP contribution in [-0.2, 0) is 0 Å². The molecule has 0 aliphatic carbocycles. The van der Waals surface area contributed by atoms with Crippen LogP contribution in [0.1, 0.15) is 5.69 Å². The molecule has 3 N–H and O–H groups in total. The van der Waals surface area contributed by atoms with Gasteiger partial charge in [0.15, 0.2) is 5.11 Å². The van der Waals surface area contributed by atoms with Crippen molar-refractivity contribution in [1.82, 2.24) is 15.3 Å². The predicted octanol–water partition coefficient (Wildman–Crippen LogP) is 0.434. The molecular weight excluding hydrogens is 210 g/mol. The second kappa shape index (κ2) is 5.26. The third kappa shape index (κ3) is 3.51. The van der Waals surface area contributed by atoms with Crippen molar-refractivity contribution in [2.75, 3.05) is 19.8 Å². The van der Waals surface area contributed by atoms with Crippen molar-refractivity contribution >= 4 is 29.2 Å². The van der Waals surface area contributed by atoms with Gasteiger partial charge < -0.3 is 10.6 Å². The van der Waals surface area contributed by atoms with E-state index in [1.807, 2.05) is 14.1 Å². The Morgan fingerprint density at radius 3 is 3.00 bits per heavy atom. The number of anilines is 1. The van der Waals surface area contributed by atoms with Crippen LogP contribution in [0.2, 0.25) is 0 Å². The van der Waals surface area contributed by atoms with Crippen LogP contribution in [0.25, 0.3) is 0 Å². The van der Waals surface area contributed by atoms with Gasteiger partial charge in [0.1, 0.15) is 5.69 Å².